The van der Waals surface area contributed by atoms with Crippen LogP contribution in [0.1, 0.15) is 25.3 Å². The first-order valence-corrected chi connectivity index (χ1v) is 9.80. The number of nitrogens with one attached hydrogen (secondary N) is 1. The molecule has 0 atom stereocenters. The van der Waals surface area contributed by atoms with Crippen LogP contribution in [0, 0.1) is 0 Å². The molecule has 0 aliphatic carbocycles. The Bertz CT molecular complexity index is 907. The normalized spacial score (nSPS) is 16.4. The molecule has 28 heavy (non-hydrogen) atoms. The number of benzene rings is 2. The number of rotatable bonds is 7. The number of aliphatic imine (C=N–C) groups is 1. The van der Waals surface area contributed by atoms with Crippen molar-refractivity contribution in [1.82, 2.24) is 5.32 Å². The van der Waals surface area contributed by atoms with Crippen molar-refractivity contribution < 1.29 is 19.4 Å². The van der Waals surface area contributed by atoms with Gasteiger partial charge in [0.25, 0.3) is 5.91 Å². The van der Waals surface area contributed by atoms with Gasteiger partial charge in [-0.3, -0.25) is 4.79 Å². The molecule has 0 saturated carbocycles. The number of carbonyl (C=O) groups excluding carboxylic acids is 1. The molecule has 3 rings (SSSR count). The van der Waals surface area contributed by atoms with E-state index in [0.717, 1.165) is 18.4 Å². The van der Waals surface area contributed by atoms with Gasteiger partial charge >= 0.3 is 0 Å². The molecule has 0 radical (unpaired) electrons. The average Bonchev–Trinajstić information content (AvgIpc) is 3.03. The lowest BCUT2D eigenvalue weighted by Gasteiger charge is -2.11. The van der Waals surface area contributed by atoms with Crippen LogP contribution in [0.3, 0.4) is 0 Å². The van der Waals surface area contributed by atoms with E-state index < -0.39 is 0 Å². The van der Waals surface area contributed by atoms with E-state index in [1.54, 1.807) is 37.5 Å². The summed E-state index contributed by atoms with van der Waals surface area (Å²) in [6, 6.07) is 12.0. The van der Waals surface area contributed by atoms with Gasteiger partial charge in [0.05, 0.1) is 24.3 Å². The highest BCUT2D eigenvalue weighted by molar-refractivity contribution is 8.18. The summed E-state index contributed by atoms with van der Waals surface area (Å²) >= 11 is 1.26. The first-order chi connectivity index (χ1) is 13.6. The summed E-state index contributed by atoms with van der Waals surface area (Å²) in [5.74, 6) is 1.29. The maximum absolute atomic E-state index is 12.3. The molecule has 0 spiro atoms. The highest BCUT2D eigenvalue weighted by Gasteiger charge is 2.24. The second kappa shape index (κ2) is 9.32. The predicted octanol–water partition coefficient (Wildman–Crippen LogP) is 4.47. The number of methoxy groups -OCH3 is 1. The molecule has 0 bridgehead atoms. The van der Waals surface area contributed by atoms with E-state index in [9.17, 15) is 9.90 Å². The number of aromatic hydroxyl groups is 1. The maximum Gasteiger partial charge on any atom is 0.264 e. The third-order valence-corrected chi connectivity index (χ3v) is 4.88. The highest BCUT2D eigenvalue weighted by Crippen LogP contribution is 2.32. The number of unbranched alkanes of at least 4 members (excludes halogenated alkanes) is 1. The molecule has 7 heteroatoms. The Morgan fingerprint density at radius 1 is 1.18 bits per heavy atom. The summed E-state index contributed by atoms with van der Waals surface area (Å²) < 4.78 is 11.2. The fourth-order valence-electron chi connectivity index (χ4n) is 2.50. The molecule has 0 unspecified atom stereocenters. The van der Waals surface area contributed by atoms with Crippen molar-refractivity contribution in [2.24, 2.45) is 4.99 Å². The van der Waals surface area contributed by atoms with Crippen LogP contribution in [-0.4, -0.2) is 29.9 Å². The number of phenolic OH excluding ortho intramolecular Hbond substituents is 1. The number of thioether (sulfide) groups is 1. The van der Waals surface area contributed by atoms with Crippen LogP contribution >= 0.6 is 11.8 Å². The summed E-state index contributed by atoms with van der Waals surface area (Å²) in [6.07, 6.45) is 3.83. The monoisotopic (exact) mass is 398 g/mol. The zero-order valence-corrected chi connectivity index (χ0v) is 16.6. The van der Waals surface area contributed by atoms with Crippen molar-refractivity contribution in [1.29, 1.82) is 0 Å². The van der Waals surface area contributed by atoms with Crippen LogP contribution in [0.5, 0.6) is 17.2 Å². The third kappa shape index (κ3) is 5.07. The largest absolute Gasteiger partial charge is 0.508 e. The number of phenols is 1. The fourth-order valence-corrected chi connectivity index (χ4v) is 3.34. The van der Waals surface area contributed by atoms with Gasteiger partial charge in [0.2, 0.25) is 0 Å². The molecule has 1 aliphatic heterocycles. The third-order valence-electron chi connectivity index (χ3n) is 3.97. The Hall–Kier alpha value is -2.93. The van der Waals surface area contributed by atoms with Gasteiger partial charge in [0, 0.05) is 0 Å². The highest BCUT2D eigenvalue weighted by atomic mass is 32.2. The number of amides is 1. The van der Waals surface area contributed by atoms with E-state index in [1.807, 2.05) is 18.2 Å². The molecule has 1 aliphatic rings. The van der Waals surface area contributed by atoms with Crippen molar-refractivity contribution in [2.75, 3.05) is 13.7 Å². The smallest absolute Gasteiger partial charge is 0.264 e. The van der Waals surface area contributed by atoms with E-state index in [1.165, 1.54) is 11.8 Å². The summed E-state index contributed by atoms with van der Waals surface area (Å²) in [6.45, 7) is 2.75. The maximum atomic E-state index is 12.3. The molecular weight excluding hydrogens is 376 g/mol. The van der Waals surface area contributed by atoms with E-state index in [0.29, 0.717) is 33.9 Å². The standard InChI is InChI=1S/C21H22N2O4S/c1-3-4-11-27-17-10-5-14(12-18(17)26-2)13-19-20(25)23-21(28-19)22-15-6-8-16(24)9-7-15/h5-10,12-13,24H,3-4,11H2,1-2H3,(H,22,23,25)/b19-13-. The van der Waals surface area contributed by atoms with Gasteiger partial charge in [-0.25, -0.2) is 4.99 Å². The van der Waals surface area contributed by atoms with E-state index in [4.69, 9.17) is 9.47 Å². The zero-order valence-electron chi connectivity index (χ0n) is 15.8. The summed E-state index contributed by atoms with van der Waals surface area (Å²) in [4.78, 5) is 17.2. The van der Waals surface area contributed by atoms with Crippen molar-refractivity contribution in [3.05, 3.63) is 52.9 Å². The number of ether oxygens (including phenoxy) is 2. The van der Waals surface area contributed by atoms with E-state index >= 15 is 0 Å². The number of hydrogen-bond acceptors (Lipinski definition) is 6. The summed E-state index contributed by atoms with van der Waals surface area (Å²) in [5, 5.41) is 12.6. The quantitative estimate of drug-likeness (QED) is 0.531. The first-order valence-electron chi connectivity index (χ1n) is 8.98. The molecule has 2 aromatic rings. The van der Waals surface area contributed by atoms with Crippen LogP contribution in [0.25, 0.3) is 6.08 Å². The average molecular weight is 398 g/mol. The van der Waals surface area contributed by atoms with Crippen molar-refractivity contribution in [3.63, 3.8) is 0 Å². The minimum atomic E-state index is -0.204. The molecular formula is C21H22N2O4S. The van der Waals surface area contributed by atoms with Crippen LogP contribution in [0.15, 0.2) is 52.4 Å². The Kier molecular flexibility index (Phi) is 6.60. The van der Waals surface area contributed by atoms with Crippen molar-refractivity contribution in [3.8, 4) is 17.2 Å². The Morgan fingerprint density at radius 3 is 2.68 bits per heavy atom. The van der Waals surface area contributed by atoms with Crippen molar-refractivity contribution in [2.45, 2.75) is 19.8 Å². The number of carbonyl (C=O) groups is 1. The Balaban J connectivity index is 1.75. The molecule has 2 aromatic carbocycles. The minimum absolute atomic E-state index is 0.170. The van der Waals surface area contributed by atoms with Crippen LogP contribution < -0.4 is 14.8 Å². The molecule has 146 valence electrons. The van der Waals surface area contributed by atoms with Gasteiger partial charge in [0.15, 0.2) is 16.7 Å². The summed E-state index contributed by atoms with van der Waals surface area (Å²) in [5.41, 5.74) is 1.49. The summed E-state index contributed by atoms with van der Waals surface area (Å²) in [7, 11) is 1.60. The Labute approximate surface area is 168 Å². The predicted molar refractivity (Wildman–Crippen MR) is 112 cm³/mol. The minimum Gasteiger partial charge on any atom is -0.508 e. The zero-order chi connectivity index (χ0) is 19.9. The molecule has 2 N–H and O–H groups in total. The first kappa shape index (κ1) is 19.8. The lowest BCUT2D eigenvalue weighted by Crippen LogP contribution is -2.19. The van der Waals surface area contributed by atoms with Crippen LogP contribution in [0.2, 0.25) is 0 Å². The van der Waals surface area contributed by atoms with Gasteiger partial charge in [-0.15, -0.1) is 0 Å². The molecule has 1 heterocycles. The Morgan fingerprint density at radius 2 is 1.96 bits per heavy atom. The van der Waals surface area contributed by atoms with Gasteiger partial charge in [0.1, 0.15) is 5.75 Å². The second-order valence-corrected chi connectivity index (χ2v) is 7.14. The van der Waals surface area contributed by atoms with E-state index in [-0.39, 0.29) is 11.7 Å². The van der Waals surface area contributed by atoms with Gasteiger partial charge in [-0.05, 0) is 66.2 Å². The van der Waals surface area contributed by atoms with E-state index in [2.05, 4.69) is 17.2 Å². The number of nitrogens with zero attached hydrogens (tertiary/aromatic N) is 1. The van der Waals surface area contributed by atoms with Gasteiger partial charge in [-0.2, -0.15) is 0 Å². The second-order valence-electron chi connectivity index (χ2n) is 6.11. The lowest BCUT2D eigenvalue weighted by molar-refractivity contribution is -0.115. The van der Waals surface area contributed by atoms with Crippen LogP contribution in [-0.2, 0) is 4.79 Å². The van der Waals surface area contributed by atoms with Crippen LogP contribution in [0.4, 0.5) is 5.69 Å². The SMILES string of the molecule is CCCCOc1ccc(/C=C2\SC(=Nc3ccc(O)cc3)NC2=O)cc1OC. The van der Waals surface area contributed by atoms with Crippen molar-refractivity contribution >= 4 is 34.6 Å². The molecule has 1 saturated heterocycles. The fraction of sp³-hybridized carbons (Fsp3) is 0.238. The number of amidine groups is 1. The molecule has 1 amide bonds. The number of hydrogen-bond donors (Lipinski definition) is 2. The van der Waals surface area contributed by atoms with Gasteiger partial charge in [-0.1, -0.05) is 19.4 Å². The molecule has 0 aromatic heterocycles. The van der Waals surface area contributed by atoms with Gasteiger partial charge < -0.3 is 19.9 Å². The lowest BCUT2D eigenvalue weighted by atomic mass is 10.2. The molecule has 1 fully saturated rings. The molecule has 6 nitrogen and oxygen atoms in total. The topological polar surface area (TPSA) is 80.2 Å².